The van der Waals surface area contributed by atoms with Crippen LogP contribution in [-0.2, 0) is 4.74 Å². The predicted molar refractivity (Wildman–Crippen MR) is 82.1 cm³/mol. The normalized spacial score (nSPS) is 31.2. The first-order valence-electron chi connectivity index (χ1n) is 7.28. The highest BCUT2D eigenvalue weighted by atomic mass is 79.9. The lowest BCUT2D eigenvalue weighted by molar-refractivity contribution is 0.0491. The number of ketones is 1. The Bertz CT molecular complexity index is 572. The van der Waals surface area contributed by atoms with Crippen molar-refractivity contribution >= 4 is 21.7 Å². The van der Waals surface area contributed by atoms with Gasteiger partial charge in [-0.2, -0.15) is 0 Å². The van der Waals surface area contributed by atoms with E-state index in [1.54, 1.807) is 6.07 Å². The highest BCUT2D eigenvalue weighted by Gasteiger charge is 2.42. The SMILES string of the molecule is CC1OC(C)C(C(=O)c2cc3c(cc2Br)OCCO3)C1C. The van der Waals surface area contributed by atoms with Crippen LogP contribution in [0.15, 0.2) is 16.6 Å². The average Bonchev–Trinajstić information content (AvgIpc) is 2.70. The van der Waals surface area contributed by atoms with Gasteiger partial charge in [-0.25, -0.2) is 0 Å². The summed E-state index contributed by atoms with van der Waals surface area (Å²) in [6.07, 6.45) is 0.0348. The zero-order valence-electron chi connectivity index (χ0n) is 12.4. The van der Waals surface area contributed by atoms with Crippen molar-refractivity contribution in [1.29, 1.82) is 0 Å². The number of carbonyl (C=O) groups excluding carboxylic acids is 1. The molecule has 21 heavy (non-hydrogen) atoms. The fourth-order valence-electron chi connectivity index (χ4n) is 3.15. The first-order chi connectivity index (χ1) is 9.99. The summed E-state index contributed by atoms with van der Waals surface area (Å²) in [5.74, 6) is 1.50. The second kappa shape index (κ2) is 5.61. The second-order valence-electron chi connectivity index (χ2n) is 5.77. The molecule has 0 radical (unpaired) electrons. The lowest BCUT2D eigenvalue weighted by atomic mass is 9.83. The van der Waals surface area contributed by atoms with E-state index in [1.807, 2.05) is 19.9 Å². The minimum absolute atomic E-state index is 0.0670. The van der Waals surface area contributed by atoms with E-state index >= 15 is 0 Å². The van der Waals surface area contributed by atoms with Crippen LogP contribution >= 0.6 is 15.9 Å². The van der Waals surface area contributed by atoms with E-state index in [2.05, 4.69) is 22.9 Å². The minimum Gasteiger partial charge on any atom is -0.486 e. The molecule has 4 unspecified atom stereocenters. The molecule has 0 aromatic heterocycles. The Hall–Kier alpha value is -1.07. The van der Waals surface area contributed by atoms with Crippen molar-refractivity contribution in [3.63, 3.8) is 0 Å². The van der Waals surface area contributed by atoms with Crippen molar-refractivity contribution in [3.8, 4) is 11.5 Å². The number of rotatable bonds is 2. The van der Waals surface area contributed by atoms with Gasteiger partial charge in [0.05, 0.1) is 18.1 Å². The third-order valence-corrected chi connectivity index (χ3v) is 5.10. The van der Waals surface area contributed by atoms with Gasteiger partial charge in [-0.3, -0.25) is 4.79 Å². The van der Waals surface area contributed by atoms with Crippen LogP contribution in [0.25, 0.3) is 0 Å². The fourth-order valence-corrected chi connectivity index (χ4v) is 3.67. The summed E-state index contributed by atoms with van der Waals surface area (Å²) in [5.41, 5.74) is 0.639. The van der Waals surface area contributed by atoms with E-state index in [0.717, 1.165) is 4.47 Å². The summed E-state index contributed by atoms with van der Waals surface area (Å²) >= 11 is 3.48. The number of carbonyl (C=O) groups is 1. The van der Waals surface area contributed by atoms with Gasteiger partial charge in [0.15, 0.2) is 17.3 Å². The molecule has 2 aliphatic heterocycles. The van der Waals surface area contributed by atoms with Gasteiger partial charge in [-0.15, -0.1) is 0 Å². The Labute approximate surface area is 132 Å². The number of benzene rings is 1. The van der Waals surface area contributed by atoms with Crippen LogP contribution in [0.4, 0.5) is 0 Å². The molecule has 4 atom stereocenters. The highest BCUT2D eigenvalue weighted by Crippen LogP contribution is 2.40. The number of Topliss-reactive ketones (excluding diaryl/α,β-unsaturated/α-hetero) is 1. The molecule has 0 bridgehead atoms. The van der Waals surface area contributed by atoms with Gasteiger partial charge < -0.3 is 14.2 Å². The third kappa shape index (κ3) is 2.57. The average molecular weight is 355 g/mol. The monoisotopic (exact) mass is 354 g/mol. The molecule has 2 heterocycles. The Morgan fingerprint density at radius 2 is 1.71 bits per heavy atom. The van der Waals surface area contributed by atoms with Crippen LogP contribution in [0.3, 0.4) is 0 Å². The molecule has 1 aromatic carbocycles. The Balaban J connectivity index is 1.95. The van der Waals surface area contributed by atoms with Crippen molar-refractivity contribution in [2.75, 3.05) is 13.2 Å². The van der Waals surface area contributed by atoms with Gasteiger partial charge in [-0.05, 0) is 47.8 Å². The number of fused-ring (bicyclic) bond motifs is 1. The van der Waals surface area contributed by atoms with E-state index in [1.165, 1.54) is 0 Å². The predicted octanol–water partition coefficient (Wildman–Crippen LogP) is 3.46. The number of halogens is 1. The second-order valence-corrected chi connectivity index (χ2v) is 6.63. The van der Waals surface area contributed by atoms with Gasteiger partial charge in [-0.1, -0.05) is 6.92 Å². The zero-order valence-corrected chi connectivity index (χ0v) is 14.0. The summed E-state index contributed by atoms with van der Waals surface area (Å²) in [5, 5.41) is 0. The molecule has 1 aromatic rings. The molecule has 4 nitrogen and oxygen atoms in total. The van der Waals surface area contributed by atoms with Crippen molar-refractivity contribution < 1.29 is 19.0 Å². The molecular weight excluding hydrogens is 336 g/mol. The summed E-state index contributed by atoms with van der Waals surface area (Å²) < 4.78 is 17.6. The maximum atomic E-state index is 12.9. The Morgan fingerprint density at radius 1 is 1.10 bits per heavy atom. The van der Waals surface area contributed by atoms with Crippen LogP contribution in [0.5, 0.6) is 11.5 Å². The number of hydrogen-bond acceptors (Lipinski definition) is 4. The molecule has 0 saturated carbocycles. The van der Waals surface area contributed by atoms with Crippen molar-refractivity contribution in [2.45, 2.75) is 33.0 Å². The van der Waals surface area contributed by atoms with Crippen LogP contribution in [-0.4, -0.2) is 31.2 Å². The zero-order chi connectivity index (χ0) is 15.1. The van der Waals surface area contributed by atoms with E-state index in [-0.39, 0.29) is 29.8 Å². The maximum absolute atomic E-state index is 12.9. The van der Waals surface area contributed by atoms with E-state index < -0.39 is 0 Å². The Kier molecular flexibility index (Phi) is 3.97. The molecular formula is C16H19BrO4. The summed E-state index contributed by atoms with van der Waals surface area (Å²) in [7, 11) is 0. The first kappa shape index (κ1) is 14.9. The summed E-state index contributed by atoms with van der Waals surface area (Å²) in [4.78, 5) is 12.9. The van der Waals surface area contributed by atoms with Gasteiger partial charge in [0.25, 0.3) is 0 Å². The molecule has 0 aliphatic carbocycles. The molecule has 2 aliphatic rings. The summed E-state index contributed by atoms with van der Waals surface area (Å²) in [6.45, 7) is 7.11. The Morgan fingerprint density at radius 3 is 2.29 bits per heavy atom. The molecule has 5 heteroatoms. The third-order valence-electron chi connectivity index (χ3n) is 4.44. The fraction of sp³-hybridized carbons (Fsp3) is 0.562. The maximum Gasteiger partial charge on any atom is 0.170 e. The van der Waals surface area contributed by atoms with Gasteiger partial charge in [0.2, 0.25) is 0 Å². The van der Waals surface area contributed by atoms with E-state index in [4.69, 9.17) is 14.2 Å². The molecule has 1 fully saturated rings. The quantitative estimate of drug-likeness (QED) is 0.763. The summed E-state index contributed by atoms with van der Waals surface area (Å²) in [6, 6.07) is 3.60. The molecule has 114 valence electrons. The van der Waals surface area contributed by atoms with Crippen LogP contribution in [0.2, 0.25) is 0 Å². The van der Waals surface area contributed by atoms with Gasteiger partial charge in [0.1, 0.15) is 13.2 Å². The van der Waals surface area contributed by atoms with E-state index in [9.17, 15) is 4.79 Å². The molecule has 0 amide bonds. The minimum atomic E-state index is -0.126. The lowest BCUT2D eigenvalue weighted by Crippen LogP contribution is -2.27. The largest absolute Gasteiger partial charge is 0.486 e. The standard InChI is InChI=1S/C16H19BrO4/c1-8-9(2)21-10(3)15(8)16(18)11-6-13-14(7-12(11)17)20-5-4-19-13/h6-10,15H,4-5H2,1-3H3. The highest BCUT2D eigenvalue weighted by molar-refractivity contribution is 9.10. The molecule has 0 spiro atoms. The van der Waals surface area contributed by atoms with Gasteiger partial charge >= 0.3 is 0 Å². The lowest BCUT2D eigenvalue weighted by Gasteiger charge is -2.22. The van der Waals surface area contributed by atoms with Crippen LogP contribution < -0.4 is 9.47 Å². The van der Waals surface area contributed by atoms with Crippen LogP contribution in [0.1, 0.15) is 31.1 Å². The molecule has 1 saturated heterocycles. The van der Waals surface area contributed by atoms with Crippen molar-refractivity contribution in [1.82, 2.24) is 0 Å². The number of ether oxygens (including phenoxy) is 3. The smallest absolute Gasteiger partial charge is 0.170 e. The van der Waals surface area contributed by atoms with E-state index in [0.29, 0.717) is 30.3 Å². The van der Waals surface area contributed by atoms with Gasteiger partial charge in [0, 0.05) is 10.0 Å². The first-order valence-corrected chi connectivity index (χ1v) is 8.07. The molecule has 3 rings (SSSR count). The topological polar surface area (TPSA) is 44.8 Å². The van der Waals surface area contributed by atoms with Crippen molar-refractivity contribution in [2.24, 2.45) is 11.8 Å². The molecule has 0 N–H and O–H groups in total. The van der Waals surface area contributed by atoms with Crippen molar-refractivity contribution in [3.05, 3.63) is 22.2 Å². The van der Waals surface area contributed by atoms with Crippen LogP contribution in [0, 0.1) is 11.8 Å². The number of hydrogen-bond donors (Lipinski definition) is 0.